The Hall–Kier alpha value is -3.42. The average molecular weight is 629 g/mol. The summed E-state index contributed by atoms with van der Waals surface area (Å²) in [4.78, 5) is 19.8. The molecule has 0 aliphatic carbocycles. The lowest BCUT2D eigenvalue weighted by Crippen LogP contribution is -2.25. The van der Waals surface area contributed by atoms with E-state index in [-0.39, 0.29) is 10.9 Å². The molecule has 42 heavy (non-hydrogen) atoms. The quantitative estimate of drug-likeness (QED) is 0.130. The normalized spacial score (nSPS) is 11.8. The van der Waals surface area contributed by atoms with E-state index in [1.54, 1.807) is 0 Å². The number of hydrogen-bond acceptors (Lipinski definition) is 8. The lowest BCUT2D eigenvalue weighted by atomic mass is 10.2. The van der Waals surface area contributed by atoms with Crippen molar-refractivity contribution in [1.82, 2.24) is 0 Å². The molecule has 8 nitrogen and oxygen atoms in total. The number of alkyl halides is 3. The van der Waals surface area contributed by atoms with Gasteiger partial charge in [0, 0.05) is 39.6 Å². The first kappa shape index (κ1) is 34.8. The first-order valence-corrected chi connectivity index (χ1v) is 15.3. The van der Waals surface area contributed by atoms with Crippen LogP contribution in [0.5, 0.6) is 5.75 Å². The van der Waals surface area contributed by atoms with Crippen LogP contribution in [0.1, 0.15) is 20.8 Å². The van der Waals surface area contributed by atoms with Crippen molar-refractivity contribution in [2.75, 3.05) is 43.7 Å². The van der Waals surface area contributed by atoms with Gasteiger partial charge >= 0.3 is 12.3 Å². The van der Waals surface area contributed by atoms with Crippen molar-refractivity contribution in [2.24, 2.45) is 0 Å². The number of benzene rings is 3. The maximum absolute atomic E-state index is 12.0. The highest BCUT2D eigenvalue weighted by Gasteiger charge is 2.31. The number of halogens is 3. The Morgan fingerprint density at radius 1 is 0.762 bits per heavy atom. The Morgan fingerprint density at radius 2 is 1.12 bits per heavy atom. The molecule has 0 radical (unpaired) electrons. The molecule has 0 bridgehead atoms. The van der Waals surface area contributed by atoms with Crippen LogP contribution in [0.2, 0.25) is 0 Å². The smallest absolute Gasteiger partial charge is 0.514 e. The van der Waals surface area contributed by atoms with Crippen LogP contribution >= 0.6 is 0 Å². The third kappa shape index (κ3) is 12.2. The van der Waals surface area contributed by atoms with Gasteiger partial charge in [-0.25, -0.2) is 13.2 Å². The summed E-state index contributed by atoms with van der Waals surface area (Å²) in [6, 6.07) is 25.0. The molecule has 3 aromatic carbocycles. The van der Waals surface area contributed by atoms with Gasteiger partial charge in [-0.3, -0.25) is 0 Å². The van der Waals surface area contributed by atoms with Crippen molar-refractivity contribution in [1.29, 1.82) is 0 Å². The van der Waals surface area contributed by atoms with Gasteiger partial charge in [-0.1, -0.05) is 0 Å². The number of rotatable bonds is 7. The summed E-state index contributed by atoms with van der Waals surface area (Å²) in [5.74, 6) is -1.83. The van der Waals surface area contributed by atoms with Gasteiger partial charge in [0.25, 0.3) is 0 Å². The number of ether oxygens (including phenoxy) is 2. The van der Waals surface area contributed by atoms with E-state index in [0.29, 0.717) is 5.75 Å². The van der Waals surface area contributed by atoms with E-state index in [0.717, 1.165) is 16.3 Å². The van der Waals surface area contributed by atoms with Gasteiger partial charge in [0.2, 0.25) is 0 Å². The summed E-state index contributed by atoms with van der Waals surface area (Å²) in [5, 5.41) is 0. The van der Waals surface area contributed by atoms with Gasteiger partial charge in [-0.15, -0.1) is 0 Å². The standard InChI is InChI=1S/C27H33N2O3S.C2H3F3O3S/c1-27(2,3)32-26(30)31-22-12-18-25(19-13-22)33(23-14-8-20(9-15-23)28(4)5)24-16-10-21(11-17-24)29(6)7;3-2(4,5)1-9(6,7)8/h8-19H,1-7H3;1H2,(H,6,7,8)/q+1;/p-1. The van der Waals surface area contributed by atoms with E-state index in [1.165, 1.54) is 9.79 Å². The van der Waals surface area contributed by atoms with Crippen molar-refractivity contribution in [2.45, 2.75) is 47.2 Å². The van der Waals surface area contributed by atoms with Crippen LogP contribution in [0.25, 0.3) is 0 Å². The molecule has 0 amide bonds. The molecule has 13 heteroatoms. The molecule has 0 unspecified atom stereocenters. The van der Waals surface area contributed by atoms with Crippen molar-refractivity contribution in [3.63, 3.8) is 0 Å². The number of carbonyl (C=O) groups excluding carboxylic acids is 1. The van der Waals surface area contributed by atoms with Crippen LogP contribution in [0.4, 0.5) is 29.3 Å². The van der Waals surface area contributed by atoms with Gasteiger partial charge in [-0.2, -0.15) is 13.2 Å². The Kier molecular flexibility index (Phi) is 11.7. The number of nitrogens with zero attached hydrogens (tertiary/aromatic N) is 2. The van der Waals surface area contributed by atoms with Crippen molar-refractivity contribution in [3.05, 3.63) is 72.8 Å². The summed E-state index contributed by atoms with van der Waals surface area (Å²) in [6.45, 7) is 5.44. The topological polar surface area (TPSA) is 99.2 Å². The Balaban J connectivity index is 0.000000592. The maximum Gasteiger partial charge on any atom is 0.514 e. The Labute approximate surface area is 248 Å². The lowest BCUT2D eigenvalue weighted by Gasteiger charge is -2.18. The first-order chi connectivity index (χ1) is 19.2. The minimum atomic E-state index is -5.16. The Morgan fingerprint density at radius 3 is 1.38 bits per heavy atom. The van der Waals surface area contributed by atoms with Crippen LogP contribution in [-0.2, 0) is 25.7 Å². The summed E-state index contributed by atoms with van der Waals surface area (Å²) in [7, 11) is 2.70. The molecule has 0 aliphatic rings. The molecule has 3 rings (SSSR count). The van der Waals surface area contributed by atoms with Gasteiger partial charge in [0.15, 0.2) is 14.7 Å². The van der Waals surface area contributed by atoms with E-state index in [4.69, 9.17) is 9.47 Å². The monoisotopic (exact) mass is 628 g/mol. The van der Waals surface area contributed by atoms with E-state index < -0.39 is 33.8 Å². The molecular weight excluding hydrogens is 593 g/mol. The summed E-state index contributed by atoms with van der Waals surface area (Å²) < 4.78 is 71.6. The predicted molar refractivity (Wildman–Crippen MR) is 158 cm³/mol. The zero-order valence-electron chi connectivity index (χ0n) is 24.4. The highest BCUT2D eigenvalue weighted by atomic mass is 32.2. The minimum absolute atomic E-state index is 0.303. The number of carbonyl (C=O) groups is 1. The molecule has 0 fully saturated rings. The summed E-state index contributed by atoms with van der Waals surface area (Å²) in [5.41, 5.74) is 1.72. The fraction of sp³-hybridized carbons (Fsp3) is 0.345. The van der Waals surface area contributed by atoms with Gasteiger partial charge in [0.1, 0.15) is 27.2 Å². The Bertz CT molecular complexity index is 1350. The minimum Gasteiger partial charge on any atom is -0.748 e. The van der Waals surface area contributed by atoms with E-state index in [1.807, 2.05) is 73.2 Å². The largest absolute Gasteiger partial charge is 0.748 e. The van der Waals surface area contributed by atoms with Gasteiger partial charge in [0.05, 0.1) is 10.9 Å². The second-order valence-electron chi connectivity index (χ2n) is 10.4. The molecule has 230 valence electrons. The van der Waals surface area contributed by atoms with E-state index >= 15 is 0 Å². The fourth-order valence-electron chi connectivity index (χ4n) is 3.38. The highest BCUT2D eigenvalue weighted by molar-refractivity contribution is 7.97. The molecule has 0 atom stereocenters. The maximum atomic E-state index is 12.0. The van der Waals surface area contributed by atoms with Gasteiger partial charge in [-0.05, 0) is 93.6 Å². The third-order valence-corrected chi connectivity index (χ3v) is 8.08. The van der Waals surface area contributed by atoms with Crippen molar-refractivity contribution in [3.8, 4) is 5.75 Å². The van der Waals surface area contributed by atoms with Crippen LogP contribution in [-0.4, -0.2) is 64.8 Å². The predicted octanol–water partition coefficient (Wildman–Crippen LogP) is 6.32. The van der Waals surface area contributed by atoms with Crippen LogP contribution in [0, 0.1) is 0 Å². The molecule has 0 N–H and O–H groups in total. The average Bonchev–Trinajstić information content (AvgIpc) is 2.83. The van der Waals surface area contributed by atoms with E-state index in [9.17, 15) is 30.9 Å². The molecule has 0 spiro atoms. The van der Waals surface area contributed by atoms with Gasteiger partial charge < -0.3 is 23.8 Å². The number of hydrogen-bond donors (Lipinski definition) is 0. The van der Waals surface area contributed by atoms with E-state index in [2.05, 4.69) is 58.3 Å². The lowest BCUT2D eigenvalue weighted by molar-refractivity contribution is -0.107. The SMILES string of the molecule is CN(C)c1ccc([S+](c2ccc(OC(=O)OC(C)(C)C)cc2)c2ccc(N(C)C)cc2)cc1.O=S(=O)([O-])CC(F)(F)F. The molecule has 0 saturated heterocycles. The molecular formula is C29H35F3N2O6S2. The summed E-state index contributed by atoms with van der Waals surface area (Å²) >= 11 is 0. The molecule has 0 saturated carbocycles. The summed E-state index contributed by atoms with van der Waals surface area (Å²) in [6.07, 6.45) is -5.62. The second-order valence-corrected chi connectivity index (χ2v) is 13.9. The molecule has 0 heterocycles. The van der Waals surface area contributed by atoms with Crippen LogP contribution in [0.3, 0.4) is 0 Å². The number of anilines is 2. The zero-order valence-corrected chi connectivity index (χ0v) is 26.1. The molecule has 0 aromatic heterocycles. The first-order valence-electron chi connectivity index (χ1n) is 12.5. The highest BCUT2D eigenvalue weighted by Crippen LogP contribution is 2.34. The van der Waals surface area contributed by atoms with Crippen molar-refractivity contribution < 1.29 is 40.4 Å². The van der Waals surface area contributed by atoms with Crippen LogP contribution in [0.15, 0.2) is 87.5 Å². The zero-order chi connectivity index (χ0) is 31.9. The van der Waals surface area contributed by atoms with Crippen LogP contribution < -0.4 is 14.5 Å². The second kappa shape index (κ2) is 14.2. The molecule has 0 aliphatic heterocycles. The third-order valence-electron chi connectivity index (χ3n) is 5.17. The van der Waals surface area contributed by atoms with Crippen molar-refractivity contribution >= 4 is 38.5 Å². The molecule has 3 aromatic rings. The fourth-order valence-corrected chi connectivity index (χ4v) is 5.82.